The molecule has 0 atom stereocenters. The molecule has 1 aromatic heterocycles. The molecule has 4 heteroatoms. The van der Waals surface area contributed by atoms with E-state index in [1.807, 2.05) is 35.0 Å². The fourth-order valence-corrected chi connectivity index (χ4v) is 1.67. The van der Waals surface area contributed by atoms with Crippen LogP contribution >= 0.6 is 0 Å². The molecule has 16 heavy (non-hydrogen) atoms. The molecule has 1 amide bonds. The van der Waals surface area contributed by atoms with Gasteiger partial charge in [-0.05, 0) is 18.2 Å². The van der Waals surface area contributed by atoms with Crippen LogP contribution in [0.4, 0.5) is 5.69 Å². The van der Waals surface area contributed by atoms with Crippen molar-refractivity contribution in [1.29, 1.82) is 0 Å². The molecule has 0 saturated carbocycles. The molecule has 84 valence electrons. The first-order valence-electron chi connectivity index (χ1n) is 5.13. The second-order valence-corrected chi connectivity index (χ2v) is 4.01. The molecule has 1 aromatic carbocycles. The summed E-state index contributed by atoms with van der Waals surface area (Å²) in [5.74, 6) is 0.0694. The second kappa shape index (κ2) is 3.89. The number of nitrogens with two attached hydrogens (primary N) is 1. The van der Waals surface area contributed by atoms with E-state index in [0.717, 1.165) is 16.6 Å². The van der Waals surface area contributed by atoms with Crippen molar-refractivity contribution in [2.75, 3.05) is 19.8 Å². The molecule has 4 nitrogen and oxygen atoms in total. The predicted octanol–water partition coefficient (Wildman–Crippen LogP) is 1.31. The maximum absolute atomic E-state index is 11.6. The molecule has 0 aliphatic rings. The van der Waals surface area contributed by atoms with Crippen LogP contribution in [0.25, 0.3) is 10.9 Å². The number of carbonyl (C=O) groups excluding carboxylic acids is 1. The average Bonchev–Trinajstić information content (AvgIpc) is 2.63. The van der Waals surface area contributed by atoms with Gasteiger partial charge >= 0.3 is 0 Å². The van der Waals surface area contributed by atoms with Crippen LogP contribution in [0.2, 0.25) is 0 Å². The van der Waals surface area contributed by atoms with E-state index in [2.05, 4.69) is 0 Å². The lowest BCUT2D eigenvalue weighted by molar-refractivity contribution is -0.129. The standard InChI is InChI=1S/C12H15N3O/c1-14(2)12(16)8-15-7-6-9-10(13)4-3-5-11(9)15/h3-7H,8,13H2,1-2H3. The van der Waals surface area contributed by atoms with Gasteiger partial charge in [-0.25, -0.2) is 0 Å². The van der Waals surface area contributed by atoms with Gasteiger partial charge in [0, 0.05) is 31.4 Å². The Hall–Kier alpha value is -1.97. The quantitative estimate of drug-likeness (QED) is 0.771. The summed E-state index contributed by atoms with van der Waals surface area (Å²) >= 11 is 0. The number of fused-ring (bicyclic) bond motifs is 1. The number of amides is 1. The van der Waals surface area contributed by atoms with Crippen LogP contribution < -0.4 is 5.73 Å². The van der Waals surface area contributed by atoms with Gasteiger partial charge in [-0.3, -0.25) is 4.79 Å². The van der Waals surface area contributed by atoms with Crippen molar-refractivity contribution in [3.8, 4) is 0 Å². The van der Waals surface area contributed by atoms with E-state index in [0.29, 0.717) is 6.54 Å². The van der Waals surface area contributed by atoms with Gasteiger partial charge in [-0.2, -0.15) is 0 Å². The summed E-state index contributed by atoms with van der Waals surface area (Å²) in [6, 6.07) is 7.66. The highest BCUT2D eigenvalue weighted by molar-refractivity contribution is 5.92. The van der Waals surface area contributed by atoms with E-state index in [9.17, 15) is 4.79 Å². The smallest absolute Gasteiger partial charge is 0.241 e. The lowest BCUT2D eigenvalue weighted by Gasteiger charge is -2.11. The molecule has 0 radical (unpaired) electrons. The monoisotopic (exact) mass is 217 g/mol. The van der Waals surface area contributed by atoms with Crippen molar-refractivity contribution < 1.29 is 4.79 Å². The number of rotatable bonds is 2. The Kier molecular flexibility index (Phi) is 2.56. The van der Waals surface area contributed by atoms with Crippen molar-refractivity contribution in [3.63, 3.8) is 0 Å². The number of likely N-dealkylation sites (N-methyl/N-ethyl adjacent to an activating group) is 1. The highest BCUT2D eigenvalue weighted by Gasteiger charge is 2.08. The first-order valence-corrected chi connectivity index (χ1v) is 5.13. The van der Waals surface area contributed by atoms with Crippen LogP contribution in [0, 0.1) is 0 Å². The minimum Gasteiger partial charge on any atom is -0.398 e. The maximum atomic E-state index is 11.6. The highest BCUT2D eigenvalue weighted by Crippen LogP contribution is 2.21. The molecule has 0 aliphatic heterocycles. The third-order valence-corrected chi connectivity index (χ3v) is 2.65. The molecule has 0 fully saturated rings. The average molecular weight is 217 g/mol. The molecular formula is C12H15N3O. The molecule has 0 unspecified atom stereocenters. The number of anilines is 1. The van der Waals surface area contributed by atoms with Crippen molar-refractivity contribution in [2.45, 2.75) is 6.54 Å². The molecular weight excluding hydrogens is 202 g/mol. The Morgan fingerprint density at radius 1 is 1.38 bits per heavy atom. The van der Waals surface area contributed by atoms with Crippen LogP contribution in [-0.2, 0) is 11.3 Å². The molecule has 0 aliphatic carbocycles. The van der Waals surface area contributed by atoms with Crippen molar-refractivity contribution >= 4 is 22.5 Å². The number of aromatic nitrogens is 1. The summed E-state index contributed by atoms with van der Waals surface area (Å²) in [6.45, 7) is 0.347. The van der Waals surface area contributed by atoms with Crippen LogP contribution in [0.5, 0.6) is 0 Å². The summed E-state index contributed by atoms with van der Waals surface area (Å²) in [6.07, 6.45) is 1.89. The van der Waals surface area contributed by atoms with Gasteiger partial charge in [-0.15, -0.1) is 0 Å². The first-order chi connectivity index (χ1) is 7.59. The number of carbonyl (C=O) groups is 1. The van der Waals surface area contributed by atoms with Crippen LogP contribution in [-0.4, -0.2) is 29.5 Å². The zero-order valence-corrected chi connectivity index (χ0v) is 9.47. The van der Waals surface area contributed by atoms with Gasteiger partial charge in [0.15, 0.2) is 0 Å². The molecule has 0 saturated heterocycles. The molecule has 1 heterocycles. The number of hydrogen-bond acceptors (Lipinski definition) is 2. The molecule has 0 bridgehead atoms. The second-order valence-electron chi connectivity index (χ2n) is 4.01. The molecule has 2 rings (SSSR count). The van der Waals surface area contributed by atoms with Crippen molar-refractivity contribution in [1.82, 2.24) is 9.47 Å². The fourth-order valence-electron chi connectivity index (χ4n) is 1.67. The number of benzene rings is 1. The van der Waals surface area contributed by atoms with E-state index in [1.165, 1.54) is 0 Å². The van der Waals surface area contributed by atoms with Gasteiger partial charge in [0.1, 0.15) is 6.54 Å². The summed E-state index contributed by atoms with van der Waals surface area (Å²) in [5.41, 5.74) is 7.59. The lowest BCUT2D eigenvalue weighted by Crippen LogP contribution is -2.25. The van der Waals surface area contributed by atoms with Gasteiger partial charge < -0.3 is 15.2 Å². The van der Waals surface area contributed by atoms with Crippen LogP contribution in [0.15, 0.2) is 30.5 Å². The Labute approximate surface area is 94.3 Å². The van der Waals surface area contributed by atoms with Gasteiger partial charge in [-0.1, -0.05) is 6.07 Å². The van der Waals surface area contributed by atoms with E-state index >= 15 is 0 Å². The zero-order chi connectivity index (χ0) is 11.7. The van der Waals surface area contributed by atoms with Gasteiger partial charge in [0.25, 0.3) is 0 Å². The Balaban J connectivity index is 2.39. The van der Waals surface area contributed by atoms with Gasteiger partial charge in [0.2, 0.25) is 5.91 Å². The summed E-state index contributed by atoms with van der Waals surface area (Å²) in [4.78, 5) is 13.2. The maximum Gasteiger partial charge on any atom is 0.241 e. The Morgan fingerprint density at radius 3 is 2.81 bits per heavy atom. The summed E-state index contributed by atoms with van der Waals surface area (Å²) in [5, 5.41) is 0.994. The van der Waals surface area contributed by atoms with Crippen LogP contribution in [0.3, 0.4) is 0 Å². The highest BCUT2D eigenvalue weighted by atomic mass is 16.2. The molecule has 2 aromatic rings. The van der Waals surface area contributed by atoms with Crippen molar-refractivity contribution in [3.05, 3.63) is 30.5 Å². The predicted molar refractivity (Wildman–Crippen MR) is 65.0 cm³/mol. The Bertz CT molecular complexity index is 528. The number of hydrogen-bond donors (Lipinski definition) is 1. The van der Waals surface area contributed by atoms with Crippen LogP contribution in [0.1, 0.15) is 0 Å². The number of nitrogens with zero attached hydrogens (tertiary/aromatic N) is 2. The van der Waals surface area contributed by atoms with Gasteiger partial charge in [0.05, 0.1) is 5.52 Å². The van der Waals surface area contributed by atoms with E-state index in [4.69, 9.17) is 5.73 Å². The largest absolute Gasteiger partial charge is 0.398 e. The topological polar surface area (TPSA) is 51.3 Å². The normalized spacial score (nSPS) is 10.6. The summed E-state index contributed by atoms with van der Waals surface area (Å²) in [7, 11) is 3.50. The third kappa shape index (κ3) is 1.74. The molecule has 2 N–H and O–H groups in total. The minimum absolute atomic E-state index is 0.0694. The van der Waals surface area contributed by atoms with E-state index in [-0.39, 0.29) is 5.91 Å². The van der Waals surface area contributed by atoms with E-state index in [1.54, 1.807) is 19.0 Å². The first kappa shape index (κ1) is 10.5. The fraction of sp³-hybridized carbons (Fsp3) is 0.250. The Morgan fingerprint density at radius 2 is 2.12 bits per heavy atom. The third-order valence-electron chi connectivity index (χ3n) is 2.65. The molecule has 0 spiro atoms. The lowest BCUT2D eigenvalue weighted by atomic mass is 10.2. The van der Waals surface area contributed by atoms with Crippen molar-refractivity contribution in [2.24, 2.45) is 0 Å². The number of nitrogen functional groups attached to an aromatic ring is 1. The SMILES string of the molecule is CN(C)C(=O)Cn1ccc2c(N)cccc21. The summed E-state index contributed by atoms with van der Waals surface area (Å²) < 4.78 is 1.91. The van der Waals surface area contributed by atoms with E-state index < -0.39 is 0 Å². The zero-order valence-electron chi connectivity index (χ0n) is 9.47. The minimum atomic E-state index is 0.0694.